The molecule has 0 aliphatic rings. The fourth-order valence-corrected chi connectivity index (χ4v) is 4.28. The first-order valence-corrected chi connectivity index (χ1v) is 8.59. The second-order valence-corrected chi connectivity index (χ2v) is 7.33. The third-order valence-corrected chi connectivity index (χ3v) is 5.76. The van der Waals surface area contributed by atoms with Gasteiger partial charge in [0.25, 0.3) is 0 Å². The second-order valence-electron chi connectivity index (χ2n) is 4.37. The molecule has 2 rings (SSSR count). The summed E-state index contributed by atoms with van der Waals surface area (Å²) in [4.78, 5) is 2.38. The molecule has 6 nitrogen and oxygen atoms in total. The Labute approximate surface area is 122 Å². The molecule has 0 amide bonds. The highest BCUT2D eigenvalue weighted by atomic mass is 32.2. The lowest BCUT2D eigenvalue weighted by atomic mass is 10.4. The molecular formula is C12H18N4O2S2. The molecule has 4 N–H and O–H groups in total. The van der Waals surface area contributed by atoms with Gasteiger partial charge >= 0.3 is 0 Å². The molecule has 0 aromatic carbocycles. The van der Waals surface area contributed by atoms with Crippen LogP contribution >= 0.6 is 11.3 Å². The van der Waals surface area contributed by atoms with Gasteiger partial charge in [0.1, 0.15) is 4.90 Å². The minimum Gasteiger partial charge on any atom is -0.325 e. The second kappa shape index (κ2) is 6.04. The van der Waals surface area contributed by atoms with E-state index in [1.807, 2.05) is 12.1 Å². The number of nitrogens with one attached hydrogen (secondary N) is 2. The van der Waals surface area contributed by atoms with Crippen LogP contribution < -0.4 is 10.5 Å². The van der Waals surface area contributed by atoms with Crippen LogP contribution in [0.25, 0.3) is 0 Å². The van der Waals surface area contributed by atoms with E-state index in [1.54, 1.807) is 18.3 Å². The van der Waals surface area contributed by atoms with Crippen LogP contribution in [0.4, 0.5) is 0 Å². The monoisotopic (exact) mass is 314 g/mol. The highest BCUT2D eigenvalue weighted by Gasteiger charge is 2.23. The van der Waals surface area contributed by atoms with Gasteiger partial charge in [-0.2, -0.15) is 5.10 Å². The number of aromatic nitrogens is 2. The molecule has 0 saturated carbocycles. The molecule has 0 fully saturated rings. The number of thiophene rings is 1. The Morgan fingerprint density at radius 2 is 2.10 bits per heavy atom. The highest BCUT2D eigenvalue weighted by Crippen LogP contribution is 2.20. The van der Waals surface area contributed by atoms with Crippen molar-refractivity contribution in [2.45, 2.75) is 38.3 Å². The van der Waals surface area contributed by atoms with Crippen molar-refractivity contribution in [3.63, 3.8) is 0 Å². The van der Waals surface area contributed by atoms with Crippen molar-refractivity contribution >= 4 is 21.4 Å². The van der Waals surface area contributed by atoms with Crippen LogP contribution in [0, 0.1) is 6.92 Å². The fraction of sp³-hybridized carbons (Fsp3) is 0.417. The summed E-state index contributed by atoms with van der Waals surface area (Å²) < 4.78 is 27.2. The van der Waals surface area contributed by atoms with E-state index in [1.165, 1.54) is 4.88 Å². The van der Waals surface area contributed by atoms with Crippen molar-refractivity contribution in [1.29, 1.82) is 0 Å². The van der Waals surface area contributed by atoms with Crippen LogP contribution in [0.15, 0.2) is 17.0 Å². The summed E-state index contributed by atoms with van der Waals surface area (Å²) in [5.41, 5.74) is 6.37. The third-order valence-electron chi connectivity index (χ3n) is 2.93. The summed E-state index contributed by atoms with van der Waals surface area (Å²) >= 11 is 1.61. The minimum absolute atomic E-state index is 0.0829. The standard InChI is InChI=1S/C12H18N4O2S2/c1-3-9-4-5-10(19-9)7-14-20(17,18)12-8(2)15-16-11(12)6-13/h4-5,14H,3,6-7,13H2,1-2H3,(H,15,16). The minimum atomic E-state index is -3.60. The first-order chi connectivity index (χ1) is 9.47. The molecule has 0 aliphatic heterocycles. The van der Waals surface area contributed by atoms with Gasteiger partial charge < -0.3 is 5.73 Å². The molecule has 0 spiro atoms. The van der Waals surface area contributed by atoms with Gasteiger partial charge in [0.15, 0.2) is 0 Å². The number of sulfonamides is 1. The van der Waals surface area contributed by atoms with Crippen LogP contribution in [0.5, 0.6) is 0 Å². The molecule has 0 saturated heterocycles. The maximum absolute atomic E-state index is 12.3. The van der Waals surface area contributed by atoms with Gasteiger partial charge in [0, 0.05) is 22.8 Å². The number of H-pyrrole nitrogens is 1. The average molecular weight is 314 g/mol. The molecule has 0 radical (unpaired) electrons. The van der Waals surface area contributed by atoms with Crippen molar-refractivity contribution in [2.24, 2.45) is 5.73 Å². The van der Waals surface area contributed by atoms with Crippen molar-refractivity contribution < 1.29 is 8.42 Å². The van der Waals surface area contributed by atoms with Gasteiger partial charge in [-0.05, 0) is 25.5 Å². The van der Waals surface area contributed by atoms with E-state index >= 15 is 0 Å². The molecule has 0 unspecified atom stereocenters. The Kier molecular flexibility index (Phi) is 4.59. The van der Waals surface area contributed by atoms with E-state index in [4.69, 9.17) is 5.73 Å². The van der Waals surface area contributed by atoms with Gasteiger partial charge in [0.05, 0.1) is 11.4 Å². The summed E-state index contributed by atoms with van der Waals surface area (Å²) in [5.74, 6) is 0. The summed E-state index contributed by atoms with van der Waals surface area (Å²) in [6.07, 6.45) is 0.954. The normalized spacial score (nSPS) is 11.9. The Balaban J connectivity index is 2.17. The number of hydrogen-bond donors (Lipinski definition) is 3. The molecule has 20 heavy (non-hydrogen) atoms. The Hall–Kier alpha value is -1.22. The molecular weight excluding hydrogens is 296 g/mol. The number of nitrogens with two attached hydrogens (primary N) is 1. The van der Waals surface area contributed by atoms with E-state index in [2.05, 4.69) is 21.8 Å². The van der Waals surface area contributed by atoms with E-state index in [9.17, 15) is 8.42 Å². The third kappa shape index (κ3) is 3.09. The van der Waals surface area contributed by atoms with E-state index in [-0.39, 0.29) is 18.0 Å². The molecule has 2 heterocycles. The predicted octanol–water partition coefficient (Wildman–Crippen LogP) is 1.28. The number of hydrogen-bond acceptors (Lipinski definition) is 5. The van der Waals surface area contributed by atoms with Crippen LogP contribution in [-0.2, 0) is 29.5 Å². The van der Waals surface area contributed by atoms with Gasteiger partial charge in [-0.15, -0.1) is 11.3 Å². The van der Waals surface area contributed by atoms with Gasteiger partial charge in [-0.1, -0.05) is 6.92 Å². The van der Waals surface area contributed by atoms with Crippen LogP contribution in [0.1, 0.15) is 28.1 Å². The quantitative estimate of drug-likeness (QED) is 0.747. The lowest BCUT2D eigenvalue weighted by Crippen LogP contribution is -2.24. The van der Waals surface area contributed by atoms with Crippen molar-refractivity contribution in [2.75, 3.05) is 0 Å². The zero-order chi connectivity index (χ0) is 14.8. The summed E-state index contributed by atoms with van der Waals surface area (Å²) in [6.45, 7) is 4.10. The molecule has 110 valence electrons. The highest BCUT2D eigenvalue weighted by molar-refractivity contribution is 7.89. The number of nitrogens with zero attached hydrogens (tertiary/aromatic N) is 1. The topological polar surface area (TPSA) is 101 Å². The first kappa shape index (κ1) is 15.2. The molecule has 8 heteroatoms. The summed E-state index contributed by atoms with van der Waals surface area (Å²) in [7, 11) is -3.60. The zero-order valence-electron chi connectivity index (χ0n) is 11.4. The smallest absolute Gasteiger partial charge is 0.244 e. The van der Waals surface area contributed by atoms with Crippen LogP contribution in [0.2, 0.25) is 0 Å². The van der Waals surface area contributed by atoms with E-state index in [0.29, 0.717) is 11.4 Å². The molecule has 0 bridgehead atoms. The molecule has 0 aliphatic carbocycles. The Bertz CT molecular complexity index is 688. The summed E-state index contributed by atoms with van der Waals surface area (Å²) in [6, 6.07) is 3.96. The van der Waals surface area contributed by atoms with Crippen LogP contribution in [-0.4, -0.2) is 18.6 Å². The van der Waals surface area contributed by atoms with E-state index < -0.39 is 10.0 Å². The molecule has 2 aromatic rings. The maximum atomic E-state index is 12.3. The summed E-state index contributed by atoms with van der Waals surface area (Å²) in [5, 5.41) is 6.57. The van der Waals surface area contributed by atoms with Gasteiger partial charge in [-0.25, -0.2) is 13.1 Å². The lowest BCUT2D eigenvalue weighted by Gasteiger charge is -2.06. The Morgan fingerprint density at radius 1 is 1.40 bits per heavy atom. The maximum Gasteiger partial charge on any atom is 0.244 e. The van der Waals surface area contributed by atoms with Crippen molar-refractivity contribution in [3.05, 3.63) is 33.3 Å². The Morgan fingerprint density at radius 3 is 2.70 bits per heavy atom. The fourth-order valence-electron chi connectivity index (χ4n) is 1.91. The van der Waals surface area contributed by atoms with Gasteiger partial charge in [0.2, 0.25) is 10.0 Å². The van der Waals surface area contributed by atoms with Crippen LogP contribution in [0.3, 0.4) is 0 Å². The largest absolute Gasteiger partial charge is 0.325 e. The first-order valence-electron chi connectivity index (χ1n) is 6.29. The van der Waals surface area contributed by atoms with Crippen molar-refractivity contribution in [1.82, 2.24) is 14.9 Å². The van der Waals surface area contributed by atoms with Gasteiger partial charge in [-0.3, -0.25) is 5.10 Å². The molecule has 0 atom stereocenters. The molecule has 2 aromatic heterocycles. The number of rotatable bonds is 6. The number of aromatic amines is 1. The number of aryl methyl sites for hydroxylation is 2. The zero-order valence-corrected chi connectivity index (χ0v) is 13.1. The van der Waals surface area contributed by atoms with Crippen molar-refractivity contribution in [3.8, 4) is 0 Å². The SMILES string of the molecule is CCc1ccc(CNS(=O)(=O)c2c(CN)n[nH]c2C)s1. The lowest BCUT2D eigenvalue weighted by molar-refractivity contribution is 0.580. The predicted molar refractivity (Wildman–Crippen MR) is 78.9 cm³/mol. The van der Waals surface area contributed by atoms with E-state index in [0.717, 1.165) is 11.3 Å². The average Bonchev–Trinajstić information content (AvgIpc) is 3.02.